The van der Waals surface area contributed by atoms with Crippen molar-refractivity contribution < 1.29 is 0 Å². The Morgan fingerprint density at radius 2 is 2.06 bits per heavy atom. The van der Waals surface area contributed by atoms with E-state index in [0.29, 0.717) is 5.92 Å². The first kappa shape index (κ1) is 12.6. The molecule has 3 heteroatoms. The van der Waals surface area contributed by atoms with Gasteiger partial charge in [-0.2, -0.15) is 0 Å². The van der Waals surface area contributed by atoms with E-state index in [1.807, 2.05) is 12.5 Å². The van der Waals surface area contributed by atoms with Crippen LogP contribution in [0.15, 0.2) is 12.5 Å². The zero-order valence-corrected chi connectivity index (χ0v) is 11.3. The van der Waals surface area contributed by atoms with Crippen LogP contribution in [0, 0.1) is 5.92 Å². The summed E-state index contributed by atoms with van der Waals surface area (Å²) in [4.78, 5) is 4.32. The molecule has 1 heterocycles. The predicted molar refractivity (Wildman–Crippen MR) is 70.7 cm³/mol. The van der Waals surface area contributed by atoms with E-state index in [1.54, 1.807) is 0 Å². The highest BCUT2D eigenvalue weighted by Gasteiger charge is 2.32. The van der Waals surface area contributed by atoms with Gasteiger partial charge in [-0.25, -0.2) is 4.98 Å². The molecule has 1 aromatic heterocycles. The molecule has 0 amide bonds. The summed E-state index contributed by atoms with van der Waals surface area (Å²) in [7, 11) is 0. The Kier molecular flexibility index (Phi) is 3.57. The maximum atomic E-state index is 6.31. The lowest BCUT2D eigenvalue weighted by molar-refractivity contribution is 0.309. The summed E-state index contributed by atoms with van der Waals surface area (Å²) in [6, 6.07) is 0.120. The molecule has 0 radical (unpaired) electrons. The second-order valence-electron chi connectivity index (χ2n) is 6.13. The lowest BCUT2D eigenvalue weighted by Crippen LogP contribution is -2.30. The van der Waals surface area contributed by atoms with Crippen molar-refractivity contribution in [3.63, 3.8) is 0 Å². The van der Waals surface area contributed by atoms with Crippen LogP contribution in [0.4, 0.5) is 0 Å². The van der Waals surface area contributed by atoms with E-state index in [9.17, 15) is 0 Å². The van der Waals surface area contributed by atoms with Gasteiger partial charge in [0.15, 0.2) is 0 Å². The van der Waals surface area contributed by atoms with Gasteiger partial charge in [0.05, 0.1) is 12.0 Å². The normalized spacial score (nSPS) is 21.0. The average molecular weight is 235 g/mol. The number of rotatable bonds is 4. The number of hydrogen-bond donors (Lipinski definition) is 1. The quantitative estimate of drug-likeness (QED) is 0.870. The van der Waals surface area contributed by atoms with E-state index in [1.165, 1.54) is 31.4 Å². The van der Waals surface area contributed by atoms with Crippen molar-refractivity contribution >= 4 is 0 Å². The van der Waals surface area contributed by atoms with E-state index >= 15 is 0 Å². The van der Waals surface area contributed by atoms with E-state index in [-0.39, 0.29) is 11.6 Å². The van der Waals surface area contributed by atoms with Gasteiger partial charge in [-0.3, -0.25) is 0 Å². The standard InChI is InChI=1S/C14H25N3/c1-11(2)8-12(15)13-9-16-10-17(13)14(3)6-4-5-7-14/h9-12H,4-8,15H2,1-3H3. The molecule has 1 saturated carbocycles. The molecule has 96 valence electrons. The van der Waals surface area contributed by atoms with Crippen molar-refractivity contribution in [1.29, 1.82) is 0 Å². The molecule has 1 aromatic rings. The molecule has 2 N–H and O–H groups in total. The molecule has 2 rings (SSSR count). The van der Waals surface area contributed by atoms with Crippen LogP contribution >= 0.6 is 0 Å². The fourth-order valence-electron chi connectivity index (χ4n) is 3.04. The van der Waals surface area contributed by atoms with Crippen LogP contribution in [0.25, 0.3) is 0 Å². The minimum atomic E-state index is 0.120. The Bertz CT molecular complexity index is 361. The maximum absolute atomic E-state index is 6.31. The molecule has 0 saturated heterocycles. The fraction of sp³-hybridized carbons (Fsp3) is 0.786. The SMILES string of the molecule is CC(C)CC(N)c1cncn1C1(C)CCCC1. The van der Waals surface area contributed by atoms with E-state index in [0.717, 1.165) is 6.42 Å². The summed E-state index contributed by atoms with van der Waals surface area (Å²) >= 11 is 0. The second-order valence-corrected chi connectivity index (χ2v) is 6.13. The summed E-state index contributed by atoms with van der Waals surface area (Å²) in [5, 5.41) is 0. The van der Waals surface area contributed by atoms with Crippen LogP contribution < -0.4 is 5.73 Å². The Morgan fingerprint density at radius 1 is 1.41 bits per heavy atom. The molecule has 3 nitrogen and oxygen atoms in total. The third-order valence-corrected chi connectivity index (χ3v) is 4.03. The molecule has 0 spiro atoms. The molecule has 1 fully saturated rings. The number of aromatic nitrogens is 2. The molecule has 1 unspecified atom stereocenters. The zero-order chi connectivity index (χ0) is 12.5. The van der Waals surface area contributed by atoms with Crippen LogP contribution in [0.5, 0.6) is 0 Å². The highest BCUT2D eigenvalue weighted by molar-refractivity contribution is 5.09. The molecule has 1 aliphatic carbocycles. The van der Waals surface area contributed by atoms with E-state index < -0.39 is 0 Å². The van der Waals surface area contributed by atoms with Crippen molar-refractivity contribution in [3.05, 3.63) is 18.2 Å². The molecule has 0 aromatic carbocycles. The average Bonchev–Trinajstić information content (AvgIpc) is 2.84. The lowest BCUT2D eigenvalue weighted by atomic mass is 9.97. The van der Waals surface area contributed by atoms with Gasteiger partial charge in [-0.15, -0.1) is 0 Å². The first-order valence-corrected chi connectivity index (χ1v) is 6.81. The Labute approximate surface area is 104 Å². The maximum Gasteiger partial charge on any atom is 0.0953 e. The van der Waals surface area contributed by atoms with Crippen LogP contribution in [0.1, 0.15) is 64.6 Å². The highest BCUT2D eigenvalue weighted by atomic mass is 15.1. The minimum absolute atomic E-state index is 0.120. The van der Waals surface area contributed by atoms with Crippen LogP contribution in [-0.2, 0) is 5.54 Å². The topological polar surface area (TPSA) is 43.8 Å². The summed E-state index contributed by atoms with van der Waals surface area (Å²) in [6.07, 6.45) is 10.1. The van der Waals surface area contributed by atoms with Crippen molar-refractivity contribution in [2.45, 2.75) is 64.5 Å². The van der Waals surface area contributed by atoms with E-state index in [4.69, 9.17) is 5.73 Å². The lowest BCUT2D eigenvalue weighted by Gasteiger charge is -2.30. The predicted octanol–water partition coefficient (Wildman–Crippen LogP) is 3.22. The van der Waals surface area contributed by atoms with Crippen molar-refractivity contribution in [2.24, 2.45) is 11.7 Å². The van der Waals surface area contributed by atoms with Crippen LogP contribution in [0.3, 0.4) is 0 Å². The van der Waals surface area contributed by atoms with Gasteiger partial charge < -0.3 is 10.3 Å². The molecular formula is C14H25N3. The minimum Gasteiger partial charge on any atom is -0.327 e. The number of hydrogen-bond acceptors (Lipinski definition) is 2. The Morgan fingerprint density at radius 3 is 2.65 bits per heavy atom. The van der Waals surface area contributed by atoms with Crippen molar-refractivity contribution in [1.82, 2.24) is 9.55 Å². The number of nitrogens with zero attached hydrogens (tertiary/aromatic N) is 2. The summed E-state index contributed by atoms with van der Waals surface area (Å²) in [5.74, 6) is 0.629. The summed E-state index contributed by atoms with van der Waals surface area (Å²) < 4.78 is 2.34. The number of nitrogens with two attached hydrogens (primary N) is 1. The Hall–Kier alpha value is -0.830. The van der Waals surface area contributed by atoms with Gasteiger partial charge in [0.25, 0.3) is 0 Å². The second kappa shape index (κ2) is 4.81. The first-order valence-electron chi connectivity index (χ1n) is 6.81. The van der Waals surface area contributed by atoms with Gasteiger partial charge in [0.1, 0.15) is 0 Å². The first-order chi connectivity index (χ1) is 8.03. The smallest absolute Gasteiger partial charge is 0.0953 e. The molecule has 0 aliphatic heterocycles. The molecule has 1 atom stereocenters. The fourth-order valence-corrected chi connectivity index (χ4v) is 3.04. The number of imidazole rings is 1. The monoisotopic (exact) mass is 235 g/mol. The van der Waals surface area contributed by atoms with Crippen molar-refractivity contribution in [2.75, 3.05) is 0 Å². The summed E-state index contributed by atoms with van der Waals surface area (Å²) in [5.41, 5.74) is 7.77. The summed E-state index contributed by atoms with van der Waals surface area (Å²) in [6.45, 7) is 6.78. The highest BCUT2D eigenvalue weighted by Crippen LogP contribution is 2.38. The largest absolute Gasteiger partial charge is 0.327 e. The molecule has 0 bridgehead atoms. The zero-order valence-electron chi connectivity index (χ0n) is 11.3. The molecular weight excluding hydrogens is 210 g/mol. The van der Waals surface area contributed by atoms with Crippen LogP contribution in [0.2, 0.25) is 0 Å². The van der Waals surface area contributed by atoms with Gasteiger partial charge in [0, 0.05) is 17.8 Å². The van der Waals surface area contributed by atoms with Gasteiger partial charge in [-0.1, -0.05) is 26.7 Å². The van der Waals surface area contributed by atoms with Crippen LogP contribution in [-0.4, -0.2) is 9.55 Å². The van der Waals surface area contributed by atoms with Crippen molar-refractivity contribution in [3.8, 4) is 0 Å². The van der Waals surface area contributed by atoms with Gasteiger partial charge in [-0.05, 0) is 32.1 Å². The third-order valence-electron chi connectivity index (χ3n) is 4.03. The van der Waals surface area contributed by atoms with Gasteiger partial charge >= 0.3 is 0 Å². The Balaban J connectivity index is 2.22. The molecule has 1 aliphatic rings. The third kappa shape index (κ3) is 2.54. The molecule has 17 heavy (non-hydrogen) atoms. The van der Waals surface area contributed by atoms with Gasteiger partial charge in [0.2, 0.25) is 0 Å². The van der Waals surface area contributed by atoms with E-state index in [2.05, 4.69) is 30.3 Å².